The molecule has 0 bridgehead atoms. The molecular weight excluding hydrogens is 536 g/mol. The van der Waals surface area contributed by atoms with E-state index >= 15 is 0 Å². The second-order valence-corrected chi connectivity index (χ2v) is 17.8. The van der Waals surface area contributed by atoms with Crippen LogP contribution in [0.15, 0.2) is 48.6 Å². The number of esters is 2. The van der Waals surface area contributed by atoms with E-state index in [1.807, 2.05) is 42.5 Å². The summed E-state index contributed by atoms with van der Waals surface area (Å²) in [6.45, 7) is 7.39. The Morgan fingerprint density at radius 1 is 1.05 bits per heavy atom. The molecule has 10 heteroatoms. The lowest BCUT2D eigenvalue weighted by Crippen LogP contribution is -2.22. The zero-order chi connectivity index (χ0) is 28.6. The molecule has 0 aromatic heterocycles. The number of hydrogen-bond acceptors (Lipinski definition) is 8. The van der Waals surface area contributed by atoms with E-state index < -0.39 is 24.2 Å². The van der Waals surface area contributed by atoms with Crippen molar-refractivity contribution in [2.24, 2.45) is 0 Å². The summed E-state index contributed by atoms with van der Waals surface area (Å²) in [5, 5.41) is 0. The van der Waals surface area contributed by atoms with Crippen LogP contribution in [0.1, 0.15) is 34.2 Å². The van der Waals surface area contributed by atoms with Gasteiger partial charge in [-0.15, -0.1) is 0 Å². The van der Waals surface area contributed by atoms with E-state index in [0.29, 0.717) is 25.4 Å². The Kier molecular flexibility index (Phi) is 10.3. The first-order valence-electron chi connectivity index (χ1n) is 12.7. The average Bonchev–Trinajstić information content (AvgIpc) is 3.00. The van der Waals surface area contributed by atoms with Crippen LogP contribution in [0.2, 0.25) is 25.7 Å². The highest BCUT2D eigenvalue weighted by Crippen LogP contribution is 2.38. The Balaban J connectivity index is 1.94. The van der Waals surface area contributed by atoms with E-state index in [9.17, 15) is 18.0 Å². The molecule has 0 unspecified atom stereocenters. The summed E-state index contributed by atoms with van der Waals surface area (Å²) in [6.07, 6.45) is 6.47. The predicted octanol–water partition coefficient (Wildman–Crippen LogP) is 4.99. The smallest absolute Gasteiger partial charge is 0.330 e. The molecule has 3 rings (SSSR count). The van der Waals surface area contributed by atoms with E-state index in [2.05, 4.69) is 19.6 Å². The molecule has 0 saturated heterocycles. The maximum atomic E-state index is 12.3. The van der Waals surface area contributed by atoms with Gasteiger partial charge in [-0.25, -0.2) is 4.79 Å². The molecule has 2 aromatic rings. The van der Waals surface area contributed by atoms with Gasteiger partial charge in [-0.3, -0.25) is 8.98 Å². The van der Waals surface area contributed by atoms with E-state index in [1.54, 1.807) is 6.08 Å². The lowest BCUT2D eigenvalue weighted by molar-refractivity contribution is -0.140. The summed E-state index contributed by atoms with van der Waals surface area (Å²) >= 11 is 0. The Bertz CT molecular complexity index is 1370. The van der Waals surface area contributed by atoms with Gasteiger partial charge in [-0.05, 0) is 64.6 Å². The Hall–Kier alpha value is -3.21. The van der Waals surface area contributed by atoms with E-state index in [0.717, 1.165) is 45.7 Å². The third-order valence-corrected chi connectivity index (χ3v) is 8.29. The summed E-state index contributed by atoms with van der Waals surface area (Å²) in [7, 11) is -3.53. The van der Waals surface area contributed by atoms with Gasteiger partial charge in [-0.2, -0.15) is 8.42 Å². The fraction of sp³-hybridized carbons (Fsp3) is 0.379. The molecule has 8 nitrogen and oxygen atoms in total. The van der Waals surface area contributed by atoms with Crippen molar-refractivity contribution in [1.29, 1.82) is 0 Å². The molecule has 0 aliphatic carbocycles. The summed E-state index contributed by atoms with van der Waals surface area (Å²) in [5.41, 5.74) is 4.92. The number of rotatable bonds is 11. The average molecular weight is 573 g/mol. The van der Waals surface area contributed by atoms with Gasteiger partial charge < -0.3 is 14.2 Å². The van der Waals surface area contributed by atoms with Crippen molar-refractivity contribution in [1.82, 2.24) is 0 Å². The van der Waals surface area contributed by atoms with Crippen LogP contribution in [0.4, 0.5) is 0 Å². The number of carbonyl (C=O) groups excluding carboxylic acids is 2. The summed E-state index contributed by atoms with van der Waals surface area (Å²) < 4.78 is 44.1. The van der Waals surface area contributed by atoms with Crippen LogP contribution in [-0.2, 0) is 46.4 Å². The zero-order valence-electron chi connectivity index (χ0n) is 23.1. The second-order valence-electron chi connectivity index (χ2n) is 10.5. The molecule has 0 fully saturated rings. The highest BCUT2D eigenvalue weighted by molar-refractivity contribution is 7.85. The number of ether oxygens (including phenoxy) is 3. The molecule has 0 radical (unpaired) electrons. The van der Waals surface area contributed by atoms with Gasteiger partial charge in [-0.1, -0.05) is 43.9 Å². The van der Waals surface area contributed by atoms with Crippen LogP contribution in [-0.4, -0.2) is 55.0 Å². The second kappa shape index (κ2) is 13.2. The first kappa shape index (κ1) is 30.3. The number of fused-ring (bicyclic) bond motifs is 2. The topological polar surface area (TPSA) is 105 Å². The molecule has 2 aromatic carbocycles. The Morgan fingerprint density at radius 2 is 1.82 bits per heavy atom. The highest BCUT2D eigenvalue weighted by atomic mass is 32.2. The Labute approximate surface area is 231 Å². The number of hydrogen-bond donors (Lipinski definition) is 0. The minimum absolute atomic E-state index is 0.0153. The Morgan fingerprint density at radius 3 is 2.51 bits per heavy atom. The van der Waals surface area contributed by atoms with Crippen molar-refractivity contribution in [2.45, 2.75) is 45.1 Å². The van der Waals surface area contributed by atoms with Gasteiger partial charge in [0, 0.05) is 19.7 Å². The van der Waals surface area contributed by atoms with Crippen LogP contribution in [0.25, 0.3) is 11.6 Å². The van der Waals surface area contributed by atoms with Crippen LogP contribution in [0, 0.1) is 0 Å². The van der Waals surface area contributed by atoms with Crippen molar-refractivity contribution in [3.8, 4) is 5.75 Å². The van der Waals surface area contributed by atoms with Gasteiger partial charge >= 0.3 is 11.9 Å². The highest BCUT2D eigenvalue weighted by Gasteiger charge is 2.21. The molecule has 1 aliphatic rings. The van der Waals surface area contributed by atoms with E-state index in [4.69, 9.17) is 18.4 Å². The van der Waals surface area contributed by atoms with Crippen LogP contribution < -0.4 is 4.74 Å². The molecule has 210 valence electrons. The monoisotopic (exact) mass is 572 g/mol. The summed E-state index contributed by atoms with van der Waals surface area (Å²) in [4.78, 5) is 24.2. The number of methoxy groups -OCH3 is 1. The third kappa shape index (κ3) is 9.80. The molecule has 0 N–H and O–H groups in total. The fourth-order valence-electron chi connectivity index (χ4n) is 3.93. The standard InChI is InChI=1S/C29H36O8SSi/c1-34-29(31)19-22-9-12-27-26(18-22)24(7-6-14-37-38(2,32)33)25-17-21(8-11-23(25)20-36-27)10-13-28(30)35-15-16-39(3,4)5/h7-13,17-18H,6,14-16,19-20H2,1-5H3/b13-10+,24-7-. The largest absolute Gasteiger partial charge is 0.488 e. The molecule has 1 heterocycles. The lowest BCUT2D eigenvalue weighted by atomic mass is 9.91. The number of carbonyl (C=O) groups is 2. The van der Waals surface area contributed by atoms with Crippen molar-refractivity contribution < 1.29 is 36.4 Å². The molecular formula is C29H36O8SSi. The molecule has 0 atom stereocenters. The van der Waals surface area contributed by atoms with Gasteiger partial charge in [0.1, 0.15) is 12.4 Å². The molecule has 0 amide bonds. The molecule has 0 spiro atoms. The van der Waals surface area contributed by atoms with Crippen LogP contribution in [0.5, 0.6) is 5.75 Å². The maximum Gasteiger partial charge on any atom is 0.330 e. The minimum atomic E-state index is -3.57. The van der Waals surface area contributed by atoms with E-state index in [-0.39, 0.29) is 19.0 Å². The van der Waals surface area contributed by atoms with Gasteiger partial charge in [0.25, 0.3) is 10.1 Å². The summed E-state index contributed by atoms with van der Waals surface area (Å²) in [5.74, 6) is -0.114. The SMILES string of the molecule is COC(=O)Cc1ccc2c(c1)/C(=C\CCOS(C)(=O)=O)c1cc(/C=C/C(=O)OCC[Si](C)(C)C)ccc1CO2. The quantitative estimate of drug-likeness (QED) is 0.122. The van der Waals surface area contributed by atoms with E-state index in [1.165, 1.54) is 13.2 Å². The van der Waals surface area contributed by atoms with Crippen molar-refractivity contribution >= 4 is 41.8 Å². The van der Waals surface area contributed by atoms with Crippen molar-refractivity contribution in [3.05, 3.63) is 76.4 Å². The zero-order valence-corrected chi connectivity index (χ0v) is 24.9. The molecule has 0 saturated carbocycles. The van der Waals surface area contributed by atoms with Gasteiger partial charge in [0.05, 0.1) is 33.0 Å². The predicted molar refractivity (Wildman–Crippen MR) is 154 cm³/mol. The maximum absolute atomic E-state index is 12.3. The lowest BCUT2D eigenvalue weighted by Gasteiger charge is -2.14. The first-order valence-corrected chi connectivity index (χ1v) is 18.2. The van der Waals surface area contributed by atoms with Crippen molar-refractivity contribution in [2.75, 3.05) is 26.6 Å². The first-order chi connectivity index (χ1) is 18.3. The minimum Gasteiger partial charge on any atom is -0.488 e. The van der Waals surface area contributed by atoms with Crippen molar-refractivity contribution in [3.63, 3.8) is 0 Å². The van der Waals surface area contributed by atoms with Crippen LogP contribution in [0.3, 0.4) is 0 Å². The van der Waals surface area contributed by atoms with Gasteiger partial charge in [0.15, 0.2) is 0 Å². The normalized spacial score (nSPS) is 14.3. The fourth-order valence-corrected chi connectivity index (χ4v) is 5.04. The molecule has 1 aliphatic heterocycles. The molecule has 39 heavy (non-hydrogen) atoms. The number of benzene rings is 2. The van der Waals surface area contributed by atoms with Crippen LogP contribution >= 0.6 is 0 Å². The van der Waals surface area contributed by atoms with Gasteiger partial charge in [0.2, 0.25) is 0 Å². The third-order valence-electron chi connectivity index (χ3n) is 5.99. The summed E-state index contributed by atoms with van der Waals surface area (Å²) in [6, 6.07) is 12.2.